The molecule has 1 heterocycles. The number of carbonyl (C=O) groups excluding carboxylic acids is 1. The van der Waals surface area contributed by atoms with Crippen LogP contribution in [0.25, 0.3) is 0 Å². The fourth-order valence-electron chi connectivity index (χ4n) is 1.24. The van der Waals surface area contributed by atoms with Gasteiger partial charge >= 0.3 is 0 Å². The summed E-state index contributed by atoms with van der Waals surface area (Å²) in [7, 11) is 0. The molecule has 1 fully saturated rings. The Kier molecular flexibility index (Phi) is 4.10. The summed E-state index contributed by atoms with van der Waals surface area (Å²) in [5, 5.41) is 3.17. The van der Waals surface area contributed by atoms with Gasteiger partial charge in [0.25, 0.3) is 5.91 Å². The van der Waals surface area contributed by atoms with Gasteiger partial charge in [0.05, 0.1) is 13.2 Å². The molecule has 1 rings (SSSR count). The molecule has 1 aliphatic rings. The van der Waals surface area contributed by atoms with E-state index in [1.54, 1.807) is 0 Å². The van der Waals surface area contributed by atoms with E-state index in [0.29, 0.717) is 6.61 Å². The van der Waals surface area contributed by atoms with Gasteiger partial charge in [0, 0.05) is 18.6 Å². The van der Waals surface area contributed by atoms with Crippen LogP contribution in [0.1, 0.15) is 6.42 Å². The van der Waals surface area contributed by atoms with E-state index >= 15 is 0 Å². The molecule has 76 valence electrons. The van der Waals surface area contributed by atoms with Gasteiger partial charge in [0.15, 0.2) is 0 Å². The maximum Gasteiger partial charge on any atom is 0.257 e. The molecule has 0 bridgehead atoms. The summed E-state index contributed by atoms with van der Waals surface area (Å²) in [6.45, 7) is 1.18. The van der Waals surface area contributed by atoms with Crippen molar-refractivity contribution in [3.05, 3.63) is 0 Å². The van der Waals surface area contributed by atoms with Crippen molar-refractivity contribution >= 4 is 5.91 Å². The van der Waals surface area contributed by atoms with Crippen LogP contribution in [0, 0.1) is 0 Å². The Hall–Kier alpha value is -0.690. The van der Waals surface area contributed by atoms with Crippen LogP contribution in [0.3, 0.4) is 0 Å². The predicted octanol–water partition coefficient (Wildman–Crippen LogP) is -2.32. The van der Waals surface area contributed by atoms with E-state index in [4.69, 9.17) is 16.3 Å². The van der Waals surface area contributed by atoms with Crippen LogP contribution >= 0.6 is 0 Å². The highest BCUT2D eigenvalue weighted by Gasteiger charge is 2.20. The van der Waals surface area contributed by atoms with E-state index in [9.17, 15) is 4.79 Å². The van der Waals surface area contributed by atoms with Gasteiger partial charge in [-0.3, -0.25) is 9.63 Å². The molecule has 0 aliphatic carbocycles. The van der Waals surface area contributed by atoms with E-state index in [1.165, 1.54) is 0 Å². The minimum absolute atomic E-state index is 0.0579. The molecule has 0 aromatic carbocycles. The van der Waals surface area contributed by atoms with Crippen molar-refractivity contribution < 1.29 is 9.63 Å². The zero-order valence-electron chi connectivity index (χ0n) is 7.45. The molecule has 0 radical (unpaired) electrons. The van der Waals surface area contributed by atoms with Crippen LogP contribution < -0.4 is 22.3 Å². The number of nitrogens with two attached hydrogens (primary N) is 2. The van der Waals surface area contributed by atoms with E-state index in [-0.39, 0.29) is 24.5 Å². The zero-order valence-corrected chi connectivity index (χ0v) is 7.45. The summed E-state index contributed by atoms with van der Waals surface area (Å²) in [6.07, 6.45) is 0.874. The van der Waals surface area contributed by atoms with Gasteiger partial charge in [-0.25, -0.2) is 5.48 Å². The van der Waals surface area contributed by atoms with E-state index in [2.05, 4.69) is 10.8 Å². The van der Waals surface area contributed by atoms with Gasteiger partial charge in [0.2, 0.25) is 0 Å². The monoisotopic (exact) mass is 188 g/mol. The van der Waals surface area contributed by atoms with Gasteiger partial charge in [-0.05, 0) is 6.42 Å². The fraction of sp³-hybridized carbons (Fsp3) is 0.857. The standard InChI is InChI=1S/C7H16N4O2/c8-2-7(12)11-13-4-6-1-5(9)3-10-6/h5-6,10H,1-4,8-9H2,(H,11,12). The Morgan fingerprint density at radius 3 is 3.00 bits per heavy atom. The number of rotatable bonds is 4. The highest BCUT2D eigenvalue weighted by molar-refractivity contribution is 5.76. The number of nitrogens with one attached hydrogen (secondary N) is 2. The molecule has 6 N–H and O–H groups in total. The van der Waals surface area contributed by atoms with E-state index < -0.39 is 0 Å². The zero-order chi connectivity index (χ0) is 9.68. The second kappa shape index (κ2) is 5.13. The molecule has 0 saturated carbocycles. The van der Waals surface area contributed by atoms with Crippen LogP contribution in [0.2, 0.25) is 0 Å². The largest absolute Gasteiger partial charge is 0.326 e. The third-order valence-corrected chi connectivity index (χ3v) is 1.91. The minimum Gasteiger partial charge on any atom is -0.326 e. The van der Waals surface area contributed by atoms with Gasteiger partial charge < -0.3 is 16.8 Å². The number of amides is 1. The maximum absolute atomic E-state index is 10.6. The first-order chi connectivity index (χ1) is 6.22. The lowest BCUT2D eigenvalue weighted by Crippen LogP contribution is -2.35. The first-order valence-corrected chi connectivity index (χ1v) is 4.32. The average molecular weight is 188 g/mol. The van der Waals surface area contributed by atoms with Crippen molar-refractivity contribution in [1.29, 1.82) is 0 Å². The highest BCUT2D eigenvalue weighted by Crippen LogP contribution is 2.03. The molecule has 13 heavy (non-hydrogen) atoms. The second-order valence-electron chi connectivity index (χ2n) is 3.14. The normalized spacial score (nSPS) is 27.5. The van der Waals surface area contributed by atoms with Gasteiger partial charge in [-0.15, -0.1) is 0 Å². The lowest BCUT2D eigenvalue weighted by Gasteiger charge is -2.10. The molecule has 0 aromatic rings. The van der Waals surface area contributed by atoms with Crippen LogP contribution in [0.4, 0.5) is 0 Å². The summed E-state index contributed by atoms with van der Waals surface area (Å²) in [6, 6.07) is 0.423. The average Bonchev–Trinajstić information content (AvgIpc) is 2.51. The topological polar surface area (TPSA) is 102 Å². The van der Waals surface area contributed by atoms with Gasteiger partial charge in [0.1, 0.15) is 0 Å². The summed E-state index contributed by atoms with van der Waals surface area (Å²) < 4.78 is 0. The molecule has 2 atom stereocenters. The van der Waals surface area contributed by atoms with Crippen molar-refractivity contribution in [2.75, 3.05) is 19.7 Å². The van der Waals surface area contributed by atoms with Crippen LogP contribution in [0.15, 0.2) is 0 Å². The van der Waals surface area contributed by atoms with Crippen molar-refractivity contribution in [2.24, 2.45) is 11.5 Å². The number of hydroxylamine groups is 1. The SMILES string of the molecule is NCC(=O)NOCC1CC(N)CN1. The number of carbonyl (C=O) groups is 1. The Balaban J connectivity index is 2.03. The Morgan fingerprint density at radius 1 is 1.69 bits per heavy atom. The Morgan fingerprint density at radius 2 is 2.46 bits per heavy atom. The fourth-order valence-corrected chi connectivity index (χ4v) is 1.24. The third kappa shape index (κ3) is 3.69. The minimum atomic E-state index is -0.317. The van der Waals surface area contributed by atoms with Gasteiger partial charge in [-0.2, -0.15) is 0 Å². The van der Waals surface area contributed by atoms with Crippen LogP contribution in [-0.2, 0) is 9.63 Å². The first-order valence-electron chi connectivity index (χ1n) is 4.32. The first kappa shape index (κ1) is 10.4. The van der Waals surface area contributed by atoms with Crippen molar-refractivity contribution in [3.63, 3.8) is 0 Å². The molecule has 6 nitrogen and oxygen atoms in total. The molecule has 0 aromatic heterocycles. The van der Waals surface area contributed by atoms with Gasteiger partial charge in [-0.1, -0.05) is 0 Å². The molecule has 1 amide bonds. The molecule has 2 unspecified atom stereocenters. The smallest absolute Gasteiger partial charge is 0.257 e. The predicted molar refractivity (Wildman–Crippen MR) is 47.5 cm³/mol. The lowest BCUT2D eigenvalue weighted by atomic mass is 10.2. The highest BCUT2D eigenvalue weighted by atomic mass is 16.7. The van der Waals surface area contributed by atoms with Crippen LogP contribution in [-0.4, -0.2) is 37.7 Å². The van der Waals surface area contributed by atoms with E-state index in [0.717, 1.165) is 13.0 Å². The quantitative estimate of drug-likeness (QED) is 0.371. The molecular formula is C7H16N4O2. The number of hydrogen-bond donors (Lipinski definition) is 4. The lowest BCUT2D eigenvalue weighted by molar-refractivity contribution is -0.132. The van der Waals surface area contributed by atoms with Crippen LogP contribution in [0.5, 0.6) is 0 Å². The van der Waals surface area contributed by atoms with Crippen molar-refractivity contribution in [2.45, 2.75) is 18.5 Å². The number of hydrogen-bond acceptors (Lipinski definition) is 5. The summed E-state index contributed by atoms with van der Waals surface area (Å²) >= 11 is 0. The Bertz CT molecular complexity index is 176. The molecule has 1 saturated heterocycles. The Labute approximate surface area is 76.9 Å². The maximum atomic E-state index is 10.6. The summed E-state index contributed by atoms with van der Waals surface area (Å²) in [5.74, 6) is -0.317. The van der Waals surface area contributed by atoms with Crippen molar-refractivity contribution in [3.8, 4) is 0 Å². The third-order valence-electron chi connectivity index (χ3n) is 1.91. The second-order valence-corrected chi connectivity index (χ2v) is 3.14. The molecule has 1 aliphatic heterocycles. The molecule has 6 heteroatoms. The van der Waals surface area contributed by atoms with Crippen molar-refractivity contribution in [1.82, 2.24) is 10.8 Å². The molecular weight excluding hydrogens is 172 g/mol. The molecule has 0 spiro atoms. The summed E-state index contributed by atoms with van der Waals surface area (Å²) in [5.41, 5.74) is 12.9. The summed E-state index contributed by atoms with van der Waals surface area (Å²) in [4.78, 5) is 15.6. The van der Waals surface area contributed by atoms with E-state index in [1.807, 2.05) is 0 Å².